The number of aliphatic hydroxyl groups is 2. The molecule has 2 aliphatic heterocycles. The molecule has 132 valence electrons. The van der Waals surface area contributed by atoms with E-state index in [1.807, 2.05) is 0 Å². The fourth-order valence-electron chi connectivity index (χ4n) is 2.93. The van der Waals surface area contributed by atoms with E-state index < -0.39 is 36.9 Å². The van der Waals surface area contributed by atoms with Gasteiger partial charge in [0.05, 0.1) is 13.7 Å². The molecule has 3 N–H and O–H groups in total. The third kappa shape index (κ3) is 3.38. The first-order valence-corrected chi connectivity index (χ1v) is 7.69. The van der Waals surface area contributed by atoms with E-state index in [1.165, 1.54) is 6.92 Å². The Hall–Kier alpha value is -1.71. The molecule has 0 aromatic heterocycles. The van der Waals surface area contributed by atoms with Crippen LogP contribution in [0, 0.1) is 0 Å². The lowest BCUT2D eigenvalue weighted by molar-refractivity contribution is -0.337. The van der Waals surface area contributed by atoms with E-state index in [-0.39, 0.29) is 12.5 Å². The highest BCUT2D eigenvalue weighted by molar-refractivity contribution is 5.73. The van der Waals surface area contributed by atoms with Crippen molar-refractivity contribution in [3.8, 4) is 5.75 Å². The first kappa shape index (κ1) is 17.1. The van der Waals surface area contributed by atoms with Gasteiger partial charge in [-0.15, -0.1) is 0 Å². The van der Waals surface area contributed by atoms with E-state index in [4.69, 9.17) is 18.9 Å². The maximum absolute atomic E-state index is 11.2. The van der Waals surface area contributed by atoms with Gasteiger partial charge < -0.3 is 34.5 Å². The topological polar surface area (TPSA) is 106 Å². The van der Waals surface area contributed by atoms with Gasteiger partial charge in [0.1, 0.15) is 30.1 Å². The predicted octanol–water partition coefficient (Wildman–Crippen LogP) is -0.308. The molecule has 2 fully saturated rings. The van der Waals surface area contributed by atoms with Crippen molar-refractivity contribution in [2.75, 3.05) is 13.7 Å². The molecule has 0 saturated carbocycles. The number of methoxy groups -OCH3 is 1. The summed E-state index contributed by atoms with van der Waals surface area (Å²) < 4.78 is 22.0. The molecular weight excluding hydrogens is 318 g/mol. The fraction of sp³-hybridized carbons (Fsp3) is 0.562. The van der Waals surface area contributed by atoms with Gasteiger partial charge in [-0.1, -0.05) is 12.1 Å². The molecule has 24 heavy (non-hydrogen) atoms. The summed E-state index contributed by atoms with van der Waals surface area (Å²) in [5, 5.41) is 22.9. The van der Waals surface area contributed by atoms with Crippen LogP contribution < -0.4 is 10.1 Å². The molecule has 8 nitrogen and oxygen atoms in total. The Bertz CT molecular complexity index is 578. The Morgan fingerprint density at radius 1 is 1.25 bits per heavy atom. The first-order chi connectivity index (χ1) is 11.5. The van der Waals surface area contributed by atoms with Crippen molar-refractivity contribution < 1.29 is 34.0 Å². The molecule has 6 atom stereocenters. The van der Waals surface area contributed by atoms with Crippen molar-refractivity contribution in [2.24, 2.45) is 0 Å². The molecular formula is C16H21NO7. The molecule has 1 amide bonds. The molecule has 2 aliphatic rings. The Morgan fingerprint density at radius 3 is 2.58 bits per heavy atom. The van der Waals surface area contributed by atoms with Crippen molar-refractivity contribution in [3.63, 3.8) is 0 Å². The molecule has 2 saturated heterocycles. The average molecular weight is 339 g/mol. The van der Waals surface area contributed by atoms with Crippen LogP contribution in [-0.4, -0.2) is 60.5 Å². The molecule has 1 aromatic rings. The van der Waals surface area contributed by atoms with Gasteiger partial charge in [0.15, 0.2) is 12.6 Å². The van der Waals surface area contributed by atoms with E-state index in [9.17, 15) is 15.0 Å². The molecule has 0 aliphatic carbocycles. The van der Waals surface area contributed by atoms with Crippen molar-refractivity contribution in [1.82, 2.24) is 5.32 Å². The number of benzene rings is 1. The molecule has 0 unspecified atom stereocenters. The molecule has 8 heteroatoms. The largest absolute Gasteiger partial charge is 0.497 e. The SMILES string of the molecule is COc1ccc([C@@H]2OC[C@@H]3O[C@H](O)[C@H](NC(C)=O)[C@H](O)[C@@H]3O2)cc1. The zero-order valence-electron chi connectivity index (χ0n) is 13.4. The smallest absolute Gasteiger partial charge is 0.217 e. The molecule has 0 radical (unpaired) electrons. The predicted molar refractivity (Wildman–Crippen MR) is 81.1 cm³/mol. The van der Waals surface area contributed by atoms with Crippen LogP contribution in [0.15, 0.2) is 24.3 Å². The maximum Gasteiger partial charge on any atom is 0.217 e. The number of fused-ring (bicyclic) bond motifs is 1. The number of ether oxygens (including phenoxy) is 4. The lowest BCUT2D eigenvalue weighted by Crippen LogP contribution is -2.66. The third-order valence-electron chi connectivity index (χ3n) is 4.14. The van der Waals surface area contributed by atoms with Crippen LogP contribution in [0.5, 0.6) is 5.75 Å². The second kappa shape index (κ2) is 7.04. The van der Waals surface area contributed by atoms with E-state index in [2.05, 4.69) is 5.32 Å². The average Bonchev–Trinajstić information content (AvgIpc) is 2.58. The Kier molecular flexibility index (Phi) is 5.02. The highest BCUT2D eigenvalue weighted by atomic mass is 16.7. The quantitative estimate of drug-likeness (QED) is 0.694. The summed E-state index contributed by atoms with van der Waals surface area (Å²) >= 11 is 0. The minimum Gasteiger partial charge on any atom is -0.497 e. The van der Waals surface area contributed by atoms with Gasteiger partial charge in [0.2, 0.25) is 5.91 Å². The Balaban J connectivity index is 1.73. The van der Waals surface area contributed by atoms with Crippen LogP contribution in [0.25, 0.3) is 0 Å². The third-order valence-corrected chi connectivity index (χ3v) is 4.14. The second-order valence-corrected chi connectivity index (χ2v) is 5.82. The highest BCUT2D eigenvalue weighted by Crippen LogP contribution is 2.34. The van der Waals surface area contributed by atoms with Gasteiger partial charge in [-0.25, -0.2) is 0 Å². The second-order valence-electron chi connectivity index (χ2n) is 5.82. The lowest BCUT2D eigenvalue weighted by atomic mass is 9.96. The minimum atomic E-state index is -1.32. The number of nitrogens with one attached hydrogen (secondary N) is 1. The van der Waals surface area contributed by atoms with Gasteiger partial charge >= 0.3 is 0 Å². The zero-order chi connectivity index (χ0) is 17.3. The van der Waals surface area contributed by atoms with E-state index >= 15 is 0 Å². The van der Waals surface area contributed by atoms with Gasteiger partial charge in [0, 0.05) is 12.5 Å². The summed E-state index contributed by atoms with van der Waals surface area (Å²) in [5.41, 5.74) is 0.767. The van der Waals surface area contributed by atoms with Crippen LogP contribution in [0.1, 0.15) is 18.8 Å². The van der Waals surface area contributed by atoms with Crippen LogP contribution in [0.3, 0.4) is 0 Å². The number of carbonyl (C=O) groups excluding carboxylic acids is 1. The molecule has 1 aromatic carbocycles. The minimum absolute atomic E-state index is 0.155. The van der Waals surface area contributed by atoms with E-state index in [1.54, 1.807) is 31.4 Å². The molecule has 0 spiro atoms. The van der Waals surface area contributed by atoms with Crippen molar-refractivity contribution in [1.29, 1.82) is 0 Å². The van der Waals surface area contributed by atoms with E-state index in [0.29, 0.717) is 5.75 Å². The number of hydrogen-bond acceptors (Lipinski definition) is 7. The van der Waals surface area contributed by atoms with Crippen LogP contribution in [-0.2, 0) is 19.0 Å². The van der Waals surface area contributed by atoms with Crippen LogP contribution in [0.4, 0.5) is 0 Å². The summed E-state index contributed by atoms with van der Waals surface area (Å²) in [6.07, 6.45) is -4.47. The number of aliphatic hydroxyl groups excluding tert-OH is 2. The molecule has 2 heterocycles. The summed E-state index contributed by atoms with van der Waals surface area (Å²) in [5.74, 6) is 0.334. The summed E-state index contributed by atoms with van der Waals surface area (Å²) in [6, 6.07) is 6.22. The number of carbonyl (C=O) groups is 1. The first-order valence-electron chi connectivity index (χ1n) is 7.69. The molecule has 0 bridgehead atoms. The lowest BCUT2D eigenvalue weighted by Gasteiger charge is -2.46. The van der Waals surface area contributed by atoms with Crippen LogP contribution >= 0.6 is 0 Å². The van der Waals surface area contributed by atoms with Gasteiger partial charge in [-0.3, -0.25) is 4.79 Å². The van der Waals surface area contributed by atoms with Crippen LogP contribution in [0.2, 0.25) is 0 Å². The van der Waals surface area contributed by atoms with E-state index in [0.717, 1.165) is 5.56 Å². The Labute approximate surface area is 139 Å². The van der Waals surface area contributed by atoms with Gasteiger partial charge in [-0.2, -0.15) is 0 Å². The maximum atomic E-state index is 11.2. The monoisotopic (exact) mass is 339 g/mol. The van der Waals surface area contributed by atoms with Gasteiger partial charge in [0.25, 0.3) is 0 Å². The fourth-order valence-corrected chi connectivity index (χ4v) is 2.93. The van der Waals surface area contributed by atoms with Crippen molar-refractivity contribution in [3.05, 3.63) is 29.8 Å². The molecule has 3 rings (SSSR count). The van der Waals surface area contributed by atoms with Gasteiger partial charge in [-0.05, 0) is 12.1 Å². The summed E-state index contributed by atoms with van der Waals surface area (Å²) in [4.78, 5) is 11.2. The van der Waals surface area contributed by atoms with Crippen molar-refractivity contribution in [2.45, 2.75) is 43.9 Å². The number of hydrogen-bond donors (Lipinski definition) is 3. The highest BCUT2D eigenvalue weighted by Gasteiger charge is 2.49. The number of rotatable bonds is 3. The summed E-state index contributed by atoms with van der Waals surface area (Å²) in [6.45, 7) is 1.46. The van der Waals surface area contributed by atoms with Crippen molar-refractivity contribution >= 4 is 5.91 Å². The summed E-state index contributed by atoms with van der Waals surface area (Å²) in [7, 11) is 1.58. The zero-order valence-corrected chi connectivity index (χ0v) is 13.4. The number of amides is 1. The normalized spacial score (nSPS) is 35.8. The standard InChI is InChI=1S/C16H21NO7/c1-8(18)17-12-13(19)14-11(23-15(12)20)7-22-16(24-14)9-3-5-10(21-2)6-4-9/h3-6,11-16,19-20H,7H2,1-2H3,(H,17,18)/t11-,12+,13-,14+,15-,16+/m0/s1. The Morgan fingerprint density at radius 2 is 1.96 bits per heavy atom.